The maximum Gasteiger partial charge on any atom is 0.312 e. The molecule has 104 valence electrons. The number of ether oxygens (including phenoxy) is 1. The molecule has 0 atom stereocenters. The van der Waals surface area contributed by atoms with Crippen LogP contribution in [0.5, 0.6) is 0 Å². The third-order valence-corrected chi connectivity index (χ3v) is 3.34. The predicted octanol–water partition coefficient (Wildman–Crippen LogP) is 1.58. The van der Waals surface area contributed by atoms with Crippen molar-refractivity contribution in [3.05, 3.63) is 21.3 Å². The van der Waals surface area contributed by atoms with Gasteiger partial charge in [-0.2, -0.15) is 0 Å². The molecule has 0 fully saturated rings. The van der Waals surface area contributed by atoms with Crippen LogP contribution < -0.4 is 11.1 Å². The van der Waals surface area contributed by atoms with Gasteiger partial charge >= 0.3 is 12.0 Å². The molecule has 0 saturated carbocycles. The molecule has 0 aromatic carbocycles. The van der Waals surface area contributed by atoms with Gasteiger partial charge in [0, 0.05) is 13.0 Å². The fourth-order valence-corrected chi connectivity index (χ4v) is 2.17. The Kier molecular flexibility index (Phi) is 6.31. The van der Waals surface area contributed by atoms with Crippen molar-refractivity contribution < 1.29 is 19.1 Å². The highest BCUT2D eigenvalue weighted by molar-refractivity contribution is 7.18. The molecule has 0 bridgehead atoms. The SMILES string of the molecule is NC(=O)NCCCC(=O)OCC(=O)c1ccc(Cl)s1. The van der Waals surface area contributed by atoms with E-state index in [2.05, 4.69) is 5.32 Å². The summed E-state index contributed by atoms with van der Waals surface area (Å²) in [5.41, 5.74) is 4.85. The lowest BCUT2D eigenvalue weighted by Crippen LogP contribution is -2.30. The average Bonchev–Trinajstić information content (AvgIpc) is 2.78. The molecule has 3 N–H and O–H groups in total. The van der Waals surface area contributed by atoms with E-state index in [4.69, 9.17) is 22.1 Å². The van der Waals surface area contributed by atoms with E-state index in [9.17, 15) is 14.4 Å². The van der Waals surface area contributed by atoms with E-state index < -0.39 is 12.0 Å². The molecule has 8 heteroatoms. The molecule has 0 radical (unpaired) electrons. The molecule has 0 aliphatic heterocycles. The van der Waals surface area contributed by atoms with Crippen LogP contribution in [0.3, 0.4) is 0 Å². The first kappa shape index (κ1) is 15.5. The Bertz CT molecular complexity index is 475. The number of nitrogens with one attached hydrogen (secondary N) is 1. The summed E-state index contributed by atoms with van der Waals surface area (Å²) in [6.07, 6.45) is 0.513. The van der Waals surface area contributed by atoms with Crippen LogP contribution >= 0.6 is 22.9 Å². The van der Waals surface area contributed by atoms with Crippen LogP contribution in [0, 0.1) is 0 Å². The third-order valence-electron chi connectivity index (χ3n) is 2.07. The predicted molar refractivity (Wildman–Crippen MR) is 71.4 cm³/mol. The van der Waals surface area contributed by atoms with Gasteiger partial charge < -0.3 is 15.8 Å². The van der Waals surface area contributed by atoms with Crippen molar-refractivity contribution in [3.63, 3.8) is 0 Å². The van der Waals surface area contributed by atoms with E-state index >= 15 is 0 Å². The molecule has 1 heterocycles. The number of esters is 1. The van der Waals surface area contributed by atoms with Gasteiger partial charge in [-0.15, -0.1) is 11.3 Å². The second kappa shape index (κ2) is 7.75. The number of rotatable bonds is 7. The Hall–Kier alpha value is -1.60. The highest BCUT2D eigenvalue weighted by Gasteiger charge is 2.11. The molecule has 1 rings (SSSR count). The highest BCUT2D eigenvalue weighted by Crippen LogP contribution is 2.21. The number of ketones is 1. The zero-order chi connectivity index (χ0) is 14.3. The molecule has 2 amide bonds. The lowest BCUT2D eigenvalue weighted by atomic mass is 10.3. The number of carbonyl (C=O) groups excluding carboxylic acids is 3. The Morgan fingerprint density at radius 1 is 1.37 bits per heavy atom. The number of amides is 2. The topological polar surface area (TPSA) is 98.5 Å². The van der Waals surface area contributed by atoms with Crippen LogP contribution in [0.2, 0.25) is 4.34 Å². The highest BCUT2D eigenvalue weighted by atomic mass is 35.5. The molecule has 19 heavy (non-hydrogen) atoms. The molecule has 1 aromatic heterocycles. The molecule has 6 nitrogen and oxygen atoms in total. The zero-order valence-corrected chi connectivity index (χ0v) is 11.6. The summed E-state index contributed by atoms with van der Waals surface area (Å²) < 4.78 is 5.31. The number of urea groups is 1. The maximum atomic E-state index is 11.6. The van der Waals surface area contributed by atoms with Crippen molar-refractivity contribution in [1.82, 2.24) is 5.32 Å². The van der Waals surface area contributed by atoms with E-state index in [-0.39, 0.29) is 18.8 Å². The number of thiophene rings is 1. The monoisotopic (exact) mass is 304 g/mol. The second-order valence-corrected chi connectivity index (χ2v) is 5.30. The van der Waals surface area contributed by atoms with E-state index in [1.54, 1.807) is 12.1 Å². The second-order valence-electron chi connectivity index (χ2n) is 3.58. The largest absolute Gasteiger partial charge is 0.457 e. The van der Waals surface area contributed by atoms with Crippen LogP contribution in [0.4, 0.5) is 4.79 Å². The van der Waals surface area contributed by atoms with E-state index in [1.165, 1.54) is 0 Å². The van der Waals surface area contributed by atoms with Gasteiger partial charge in [-0.25, -0.2) is 4.79 Å². The molecule has 0 saturated heterocycles. The van der Waals surface area contributed by atoms with Gasteiger partial charge in [0.2, 0.25) is 5.78 Å². The van der Waals surface area contributed by atoms with Crippen molar-refractivity contribution in [3.8, 4) is 0 Å². The van der Waals surface area contributed by atoms with Crippen molar-refractivity contribution >= 4 is 40.7 Å². The number of nitrogens with two attached hydrogens (primary N) is 1. The van der Waals surface area contributed by atoms with Gasteiger partial charge in [-0.3, -0.25) is 9.59 Å². The normalized spacial score (nSPS) is 9.95. The third kappa shape index (κ3) is 6.21. The van der Waals surface area contributed by atoms with Gasteiger partial charge in [-0.05, 0) is 18.6 Å². The number of carbonyl (C=O) groups is 3. The molecule has 0 aliphatic rings. The smallest absolute Gasteiger partial charge is 0.312 e. The number of primary amides is 1. The fourth-order valence-electron chi connectivity index (χ4n) is 1.20. The first-order valence-corrected chi connectivity index (χ1v) is 6.66. The first-order chi connectivity index (χ1) is 8.99. The van der Waals surface area contributed by atoms with Crippen LogP contribution in [0.1, 0.15) is 22.5 Å². The standard InChI is InChI=1S/C11H13ClN2O4S/c12-9-4-3-8(19-9)7(15)6-18-10(16)2-1-5-14-11(13)17/h3-4H,1-2,5-6H2,(H3,13,14,17). The number of hydrogen-bond donors (Lipinski definition) is 2. The van der Waals surface area contributed by atoms with Gasteiger partial charge in [-0.1, -0.05) is 11.6 Å². The summed E-state index contributed by atoms with van der Waals surface area (Å²) in [5.74, 6) is -0.789. The van der Waals surface area contributed by atoms with Crippen LogP contribution in [-0.4, -0.2) is 30.9 Å². The summed E-state index contributed by atoms with van der Waals surface area (Å²) in [6.45, 7) is -0.0160. The van der Waals surface area contributed by atoms with Gasteiger partial charge in [0.25, 0.3) is 0 Å². The van der Waals surface area contributed by atoms with E-state index in [0.717, 1.165) is 11.3 Å². The van der Waals surface area contributed by atoms with Gasteiger partial charge in [0.05, 0.1) is 9.21 Å². The Balaban J connectivity index is 2.19. The van der Waals surface area contributed by atoms with Gasteiger partial charge in [0.15, 0.2) is 6.61 Å². The van der Waals surface area contributed by atoms with E-state index in [0.29, 0.717) is 22.2 Å². The number of hydrogen-bond acceptors (Lipinski definition) is 5. The minimum absolute atomic E-state index is 0.110. The molecule has 0 unspecified atom stereocenters. The van der Waals surface area contributed by atoms with E-state index in [1.807, 2.05) is 0 Å². The number of Topliss-reactive ketones (excluding diaryl/α,β-unsaturated/α-hetero) is 1. The van der Waals surface area contributed by atoms with Crippen molar-refractivity contribution in [2.24, 2.45) is 5.73 Å². The maximum absolute atomic E-state index is 11.6. The fraction of sp³-hybridized carbons (Fsp3) is 0.364. The summed E-state index contributed by atoms with van der Waals surface area (Å²) in [4.78, 5) is 33.7. The summed E-state index contributed by atoms with van der Waals surface area (Å²) >= 11 is 6.83. The summed E-state index contributed by atoms with van der Waals surface area (Å²) in [6, 6.07) is 2.55. The minimum Gasteiger partial charge on any atom is -0.457 e. The Labute approximate surface area is 118 Å². The van der Waals surface area contributed by atoms with Crippen molar-refractivity contribution in [2.75, 3.05) is 13.2 Å². The van der Waals surface area contributed by atoms with Crippen LogP contribution in [0.25, 0.3) is 0 Å². The average molecular weight is 305 g/mol. The van der Waals surface area contributed by atoms with Gasteiger partial charge in [0.1, 0.15) is 0 Å². The van der Waals surface area contributed by atoms with Crippen molar-refractivity contribution in [2.45, 2.75) is 12.8 Å². The number of halogens is 1. The minimum atomic E-state index is -0.641. The molecule has 0 spiro atoms. The zero-order valence-electron chi connectivity index (χ0n) is 9.98. The quantitative estimate of drug-likeness (QED) is 0.454. The van der Waals surface area contributed by atoms with Crippen LogP contribution in [-0.2, 0) is 9.53 Å². The Morgan fingerprint density at radius 3 is 2.68 bits per heavy atom. The molecular formula is C11H13ClN2O4S. The Morgan fingerprint density at radius 2 is 2.11 bits per heavy atom. The molecule has 0 aliphatic carbocycles. The lowest BCUT2D eigenvalue weighted by Gasteiger charge is -2.03. The molecular weight excluding hydrogens is 292 g/mol. The molecule has 1 aromatic rings. The van der Waals surface area contributed by atoms with Crippen LogP contribution in [0.15, 0.2) is 12.1 Å². The summed E-state index contributed by atoms with van der Waals surface area (Å²) in [7, 11) is 0. The van der Waals surface area contributed by atoms with Crippen molar-refractivity contribution in [1.29, 1.82) is 0 Å². The lowest BCUT2D eigenvalue weighted by molar-refractivity contribution is -0.142. The first-order valence-electron chi connectivity index (χ1n) is 5.46. The summed E-state index contributed by atoms with van der Waals surface area (Å²) in [5, 5.41) is 2.35.